The van der Waals surface area contributed by atoms with Crippen molar-refractivity contribution in [1.82, 2.24) is 0 Å². The molecule has 1 atom stereocenters. The van der Waals surface area contributed by atoms with Gasteiger partial charge in [-0.25, -0.2) is 0 Å². The van der Waals surface area contributed by atoms with E-state index in [1.54, 1.807) is 0 Å². The average molecular weight is 383 g/mol. The van der Waals surface area contributed by atoms with Crippen molar-refractivity contribution >= 4 is 11.9 Å². The van der Waals surface area contributed by atoms with Gasteiger partial charge in [-0.05, 0) is 23.5 Å². The fourth-order valence-electron chi connectivity index (χ4n) is 3.19. The Balaban J connectivity index is 1.87. The van der Waals surface area contributed by atoms with Gasteiger partial charge >= 0.3 is 11.9 Å². The molecule has 0 fully saturated rings. The number of benzene rings is 2. The minimum Gasteiger partial charge on any atom is -0.465 e. The van der Waals surface area contributed by atoms with Gasteiger partial charge in [0.05, 0.1) is 13.2 Å². The summed E-state index contributed by atoms with van der Waals surface area (Å²) in [6.45, 7) is 4.46. The molecule has 0 N–H and O–H groups in total. The maximum atomic E-state index is 12.6. The monoisotopic (exact) mass is 382 g/mol. The van der Waals surface area contributed by atoms with Crippen molar-refractivity contribution in [2.75, 3.05) is 13.2 Å². The molecule has 150 valence electrons. The molecular formula is C24H30O4. The van der Waals surface area contributed by atoms with Crippen LogP contribution in [0.15, 0.2) is 60.7 Å². The van der Waals surface area contributed by atoms with Crippen molar-refractivity contribution in [3.63, 3.8) is 0 Å². The molecule has 4 heteroatoms. The largest absolute Gasteiger partial charge is 0.465 e. The lowest BCUT2D eigenvalue weighted by atomic mass is 9.90. The molecule has 1 unspecified atom stereocenters. The maximum Gasteiger partial charge on any atom is 0.320 e. The number of hydrogen-bond acceptors (Lipinski definition) is 4. The minimum absolute atomic E-state index is 0.113. The highest BCUT2D eigenvalue weighted by Gasteiger charge is 2.34. The topological polar surface area (TPSA) is 52.6 Å². The molecular weight excluding hydrogens is 352 g/mol. The third-order valence-corrected chi connectivity index (χ3v) is 4.78. The van der Waals surface area contributed by atoms with Gasteiger partial charge in [0.2, 0.25) is 0 Å². The number of hydrogen-bond donors (Lipinski definition) is 0. The predicted octanol–water partition coefficient (Wildman–Crippen LogP) is 4.61. The van der Waals surface area contributed by atoms with E-state index in [2.05, 4.69) is 0 Å². The first kappa shape index (κ1) is 21.7. The molecule has 0 aliphatic heterocycles. The average Bonchev–Trinajstić information content (AvgIpc) is 2.70. The molecule has 2 aromatic carbocycles. The molecule has 0 saturated heterocycles. The zero-order chi connectivity index (χ0) is 20.2. The quantitative estimate of drug-likeness (QED) is 0.421. The molecule has 0 aromatic heterocycles. The summed E-state index contributed by atoms with van der Waals surface area (Å²) in [5.41, 5.74) is 2.19. The Labute approximate surface area is 167 Å². The lowest BCUT2D eigenvalue weighted by Crippen LogP contribution is -2.34. The van der Waals surface area contributed by atoms with Gasteiger partial charge < -0.3 is 9.47 Å². The van der Waals surface area contributed by atoms with Gasteiger partial charge in [0.25, 0.3) is 0 Å². The zero-order valence-electron chi connectivity index (χ0n) is 16.8. The Morgan fingerprint density at radius 1 is 0.786 bits per heavy atom. The maximum absolute atomic E-state index is 12.6. The van der Waals surface area contributed by atoms with Crippen molar-refractivity contribution in [3.8, 4) is 0 Å². The second-order valence-electron chi connectivity index (χ2n) is 7.05. The van der Waals surface area contributed by atoms with Crippen molar-refractivity contribution in [2.24, 2.45) is 11.8 Å². The number of esters is 2. The standard InChI is InChI=1S/C24H30O4/c1-3-10-19(2)22(23(25)27-17-15-20-11-6-4-7-12-20)24(26)28-18-16-21-13-8-5-9-14-21/h4-9,11-14,19,22H,3,10,15-18H2,1-2H3. The second-order valence-corrected chi connectivity index (χ2v) is 7.05. The summed E-state index contributed by atoms with van der Waals surface area (Å²) in [5, 5.41) is 0. The third kappa shape index (κ3) is 7.18. The Morgan fingerprint density at radius 3 is 1.61 bits per heavy atom. The molecule has 2 rings (SSSR count). The molecule has 0 aliphatic carbocycles. The fourth-order valence-corrected chi connectivity index (χ4v) is 3.19. The SMILES string of the molecule is CCCC(C)C(C(=O)OCCc1ccccc1)C(=O)OCCc1ccccc1. The van der Waals surface area contributed by atoms with E-state index in [0.29, 0.717) is 12.8 Å². The normalized spacial score (nSPS) is 11.8. The van der Waals surface area contributed by atoms with E-state index < -0.39 is 17.9 Å². The predicted molar refractivity (Wildman–Crippen MR) is 110 cm³/mol. The highest BCUT2D eigenvalue weighted by atomic mass is 16.6. The first-order chi connectivity index (χ1) is 13.6. The van der Waals surface area contributed by atoms with Crippen molar-refractivity contribution in [3.05, 3.63) is 71.8 Å². The van der Waals surface area contributed by atoms with Crippen LogP contribution in [0.4, 0.5) is 0 Å². The summed E-state index contributed by atoms with van der Waals surface area (Å²) in [6.07, 6.45) is 2.92. The molecule has 0 spiro atoms. The molecule has 0 amide bonds. The molecule has 0 radical (unpaired) electrons. The van der Waals surface area contributed by atoms with Gasteiger partial charge in [-0.2, -0.15) is 0 Å². The van der Waals surface area contributed by atoms with E-state index in [0.717, 1.165) is 24.0 Å². The summed E-state index contributed by atoms with van der Waals surface area (Å²) in [6, 6.07) is 19.7. The number of carbonyl (C=O) groups excluding carboxylic acids is 2. The molecule has 28 heavy (non-hydrogen) atoms. The minimum atomic E-state index is -0.869. The Kier molecular flexibility index (Phi) is 9.26. The fraction of sp³-hybridized carbons (Fsp3) is 0.417. The number of ether oxygens (including phenoxy) is 2. The molecule has 0 heterocycles. The van der Waals surface area contributed by atoms with Gasteiger partial charge in [0.1, 0.15) is 0 Å². The van der Waals surface area contributed by atoms with Crippen molar-refractivity contribution in [2.45, 2.75) is 39.5 Å². The number of carbonyl (C=O) groups is 2. The van der Waals surface area contributed by atoms with Crippen LogP contribution in [-0.4, -0.2) is 25.2 Å². The summed E-state index contributed by atoms with van der Waals surface area (Å²) in [4.78, 5) is 25.2. The van der Waals surface area contributed by atoms with Gasteiger partial charge in [-0.3, -0.25) is 9.59 Å². The Bertz CT molecular complexity index is 654. The van der Waals surface area contributed by atoms with Gasteiger partial charge in [0, 0.05) is 12.8 Å². The lowest BCUT2D eigenvalue weighted by Gasteiger charge is -2.21. The van der Waals surface area contributed by atoms with Crippen LogP contribution in [0.2, 0.25) is 0 Å². The number of rotatable bonds is 11. The van der Waals surface area contributed by atoms with Crippen LogP contribution in [-0.2, 0) is 31.9 Å². The summed E-state index contributed by atoms with van der Waals surface area (Å²) >= 11 is 0. The van der Waals surface area contributed by atoms with Crippen molar-refractivity contribution in [1.29, 1.82) is 0 Å². The van der Waals surface area contributed by atoms with Crippen LogP contribution in [0.3, 0.4) is 0 Å². The van der Waals surface area contributed by atoms with E-state index in [-0.39, 0.29) is 19.1 Å². The summed E-state index contributed by atoms with van der Waals surface area (Å²) in [7, 11) is 0. The van der Waals surface area contributed by atoms with Crippen LogP contribution in [0.5, 0.6) is 0 Å². The first-order valence-electron chi connectivity index (χ1n) is 10.0. The van der Waals surface area contributed by atoms with E-state index in [9.17, 15) is 9.59 Å². The van der Waals surface area contributed by atoms with Crippen LogP contribution in [0.25, 0.3) is 0 Å². The van der Waals surface area contributed by atoms with Crippen LogP contribution < -0.4 is 0 Å². The van der Waals surface area contributed by atoms with Gasteiger partial charge in [-0.1, -0.05) is 80.9 Å². The van der Waals surface area contributed by atoms with E-state index in [1.165, 1.54) is 0 Å². The smallest absolute Gasteiger partial charge is 0.320 e. The molecule has 0 bridgehead atoms. The van der Waals surface area contributed by atoms with E-state index in [4.69, 9.17) is 9.47 Å². The van der Waals surface area contributed by atoms with Gasteiger partial charge in [-0.15, -0.1) is 0 Å². The van der Waals surface area contributed by atoms with Crippen LogP contribution >= 0.6 is 0 Å². The summed E-state index contributed by atoms with van der Waals surface area (Å²) < 4.78 is 10.8. The van der Waals surface area contributed by atoms with Crippen LogP contribution in [0.1, 0.15) is 37.8 Å². The zero-order valence-corrected chi connectivity index (χ0v) is 16.8. The third-order valence-electron chi connectivity index (χ3n) is 4.78. The van der Waals surface area contributed by atoms with E-state index in [1.807, 2.05) is 74.5 Å². The Morgan fingerprint density at radius 2 is 1.21 bits per heavy atom. The first-order valence-corrected chi connectivity index (χ1v) is 10.0. The Hall–Kier alpha value is -2.62. The highest BCUT2D eigenvalue weighted by molar-refractivity contribution is 5.95. The lowest BCUT2D eigenvalue weighted by molar-refractivity contribution is -0.164. The molecule has 0 aliphatic rings. The molecule has 4 nitrogen and oxygen atoms in total. The van der Waals surface area contributed by atoms with Gasteiger partial charge in [0.15, 0.2) is 5.92 Å². The second kappa shape index (κ2) is 12.0. The van der Waals surface area contributed by atoms with E-state index >= 15 is 0 Å². The van der Waals surface area contributed by atoms with Crippen molar-refractivity contribution < 1.29 is 19.1 Å². The van der Waals surface area contributed by atoms with Crippen LogP contribution in [0, 0.1) is 11.8 Å². The molecule has 0 saturated carbocycles. The highest BCUT2D eigenvalue weighted by Crippen LogP contribution is 2.21. The molecule has 2 aromatic rings. The summed E-state index contributed by atoms with van der Waals surface area (Å²) in [5.74, 6) is -1.95.